The number of benzene rings is 1. The van der Waals surface area contributed by atoms with Gasteiger partial charge < -0.3 is 4.74 Å². The second-order valence-corrected chi connectivity index (χ2v) is 4.85. The molecule has 1 unspecified atom stereocenters. The normalized spacial score (nSPS) is 25.9. The molecule has 0 aliphatic carbocycles. The van der Waals surface area contributed by atoms with Crippen LogP contribution < -0.4 is 4.74 Å². The second kappa shape index (κ2) is 5.35. The van der Waals surface area contributed by atoms with E-state index in [2.05, 4.69) is 18.7 Å². The molecular formula is C14H21NO. The summed E-state index contributed by atoms with van der Waals surface area (Å²) in [5.41, 5.74) is 0. The molecule has 2 nitrogen and oxygen atoms in total. The Balaban J connectivity index is 1.72. The highest BCUT2D eigenvalue weighted by atomic mass is 16.5. The molecule has 1 heterocycles. The molecule has 2 rings (SSSR count). The van der Waals surface area contributed by atoms with Crippen LogP contribution in [0.15, 0.2) is 30.3 Å². The summed E-state index contributed by atoms with van der Waals surface area (Å²) in [4.78, 5) is 2.52. The molecule has 1 aliphatic heterocycles. The van der Waals surface area contributed by atoms with E-state index >= 15 is 0 Å². The summed E-state index contributed by atoms with van der Waals surface area (Å²) < 4.78 is 5.71. The molecule has 1 aromatic rings. The smallest absolute Gasteiger partial charge is 0.119 e. The first kappa shape index (κ1) is 11.5. The van der Waals surface area contributed by atoms with Crippen molar-refractivity contribution in [3.05, 3.63) is 30.3 Å². The van der Waals surface area contributed by atoms with Gasteiger partial charge in [-0.25, -0.2) is 0 Å². The molecule has 1 aromatic carbocycles. The third-order valence-corrected chi connectivity index (χ3v) is 3.30. The molecule has 1 saturated heterocycles. The maximum atomic E-state index is 5.71. The van der Waals surface area contributed by atoms with Gasteiger partial charge in [-0.3, -0.25) is 4.90 Å². The van der Waals surface area contributed by atoms with Crippen molar-refractivity contribution in [1.82, 2.24) is 4.90 Å². The lowest BCUT2D eigenvalue weighted by Gasteiger charge is -2.20. The van der Waals surface area contributed by atoms with E-state index in [1.165, 1.54) is 13.0 Å². The minimum atomic E-state index is 0.717. The highest BCUT2D eigenvalue weighted by molar-refractivity contribution is 5.20. The summed E-state index contributed by atoms with van der Waals surface area (Å²) >= 11 is 0. The molecule has 1 aliphatic rings. The zero-order valence-electron chi connectivity index (χ0n) is 10.2. The van der Waals surface area contributed by atoms with E-state index in [-0.39, 0.29) is 0 Å². The molecule has 16 heavy (non-hydrogen) atoms. The van der Waals surface area contributed by atoms with Crippen LogP contribution in [0.4, 0.5) is 0 Å². The molecule has 0 amide bonds. The summed E-state index contributed by atoms with van der Waals surface area (Å²) in [6.45, 7) is 7.70. The topological polar surface area (TPSA) is 12.5 Å². The summed E-state index contributed by atoms with van der Waals surface area (Å²) in [5.74, 6) is 1.81. The quantitative estimate of drug-likeness (QED) is 0.772. The van der Waals surface area contributed by atoms with Crippen molar-refractivity contribution in [2.45, 2.75) is 26.3 Å². The molecule has 0 spiro atoms. The molecule has 0 bridgehead atoms. The van der Waals surface area contributed by atoms with E-state index in [9.17, 15) is 0 Å². The lowest BCUT2D eigenvalue weighted by molar-refractivity contribution is 0.202. The Kier molecular flexibility index (Phi) is 3.83. The van der Waals surface area contributed by atoms with Gasteiger partial charge in [-0.15, -0.1) is 0 Å². The molecular weight excluding hydrogens is 198 g/mol. The number of ether oxygens (including phenoxy) is 1. The van der Waals surface area contributed by atoms with Gasteiger partial charge in [0.2, 0.25) is 0 Å². The average molecular weight is 219 g/mol. The average Bonchev–Trinajstić information content (AvgIpc) is 2.59. The fraction of sp³-hybridized carbons (Fsp3) is 0.571. The van der Waals surface area contributed by atoms with Gasteiger partial charge in [0.05, 0.1) is 0 Å². The summed E-state index contributed by atoms with van der Waals surface area (Å²) in [5, 5.41) is 0. The van der Waals surface area contributed by atoms with E-state index < -0.39 is 0 Å². The summed E-state index contributed by atoms with van der Waals surface area (Å²) in [6, 6.07) is 10.8. The van der Waals surface area contributed by atoms with Crippen LogP contribution >= 0.6 is 0 Å². The van der Waals surface area contributed by atoms with Crippen LogP contribution in [0.2, 0.25) is 0 Å². The monoisotopic (exact) mass is 219 g/mol. The van der Waals surface area contributed by atoms with Gasteiger partial charge in [0.25, 0.3) is 0 Å². The lowest BCUT2D eigenvalue weighted by atomic mass is 10.1. The SMILES string of the molecule is CC1C[C@@H](C)CN1CCOc1ccccc1. The first-order valence-corrected chi connectivity index (χ1v) is 6.17. The van der Waals surface area contributed by atoms with Crippen molar-refractivity contribution in [2.75, 3.05) is 19.7 Å². The number of hydrogen-bond acceptors (Lipinski definition) is 2. The lowest BCUT2D eigenvalue weighted by Crippen LogP contribution is -2.31. The number of rotatable bonds is 4. The number of hydrogen-bond donors (Lipinski definition) is 0. The standard InChI is InChI=1S/C14H21NO/c1-12-10-13(2)15(11-12)8-9-16-14-6-4-3-5-7-14/h3-7,12-13H,8-11H2,1-2H3/t12-,13?/m1/s1. The van der Waals surface area contributed by atoms with Crippen molar-refractivity contribution in [3.8, 4) is 5.75 Å². The molecule has 0 radical (unpaired) electrons. The predicted octanol–water partition coefficient (Wildman–Crippen LogP) is 2.80. The van der Waals surface area contributed by atoms with Gasteiger partial charge in [0.15, 0.2) is 0 Å². The van der Waals surface area contributed by atoms with Crippen LogP contribution in [-0.2, 0) is 0 Å². The highest BCUT2D eigenvalue weighted by Gasteiger charge is 2.25. The van der Waals surface area contributed by atoms with Crippen LogP contribution in [0, 0.1) is 5.92 Å². The van der Waals surface area contributed by atoms with Gasteiger partial charge in [-0.1, -0.05) is 25.1 Å². The zero-order valence-corrected chi connectivity index (χ0v) is 10.2. The van der Waals surface area contributed by atoms with Crippen molar-refractivity contribution >= 4 is 0 Å². The van der Waals surface area contributed by atoms with Gasteiger partial charge in [0, 0.05) is 19.1 Å². The fourth-order valence-corrected chi connectivity index (χ4v) is 2.50. The maximum Gasteiger partial charge on any atom is 0.119 e. The van der Waals surface area contributed by atoms with Crippen molar-refractivity contribution in [3.63, 3.8) is 0 Å². The van der Waals surface area contributed by atoms with Crippen LogP contribution in [0.1, 0.15) is 20.3 Å². The third-order valence-electron chi connectivity index (χ3n) is 3.30. The first-order chi connectivity index (χ1) is 7.75. The Bertz CT molecular complexity index is 312. The molecule has 1 fully saturated rings. The van der Waals surface area contributed by atoms with E-state index in [4.69, 9.17) is 4.74 Å². The van der Waals surface area contributed by atoms with Gasteiger partial charge in [-0.2, -0.15) is 0 Å². The first-order valence-electron chi connectivity index (χ1n) is 6.17. The van der Waals surface area contributed by atoms with Gasteiger partial charge in [-0.05, 0) is 31.4 Å². The Morgan fingerprint density at radius 3 is 2.62 bits per heavy atom. The molecule has 0 N–H and O–H groups in total. The number of nitrogens with zero attached hydrogens (tertiary/aromatic N) is 1. The molecule has 2 atom stereocenters. The highest BCUT2D eigenvalue weighted by Crippen LogP contribution is 2.21. The fourth-order valence-electron chi connectivity index (χ4n) is 2.50. The van der Waals surface area contributed by atoms with Crippen LogP contribution in [0.25, 0.3) is 0 Å². The Morgan fingerprint density at radius 1 is 1.25 bits per heavy atom. The molecule has 0 saturated carbocycles. The molecule has 2 heteroatoms. The minimum absolute atomic E-state index is 0.717. The van der Waals surface area contributed by atoms with E-state index in [0.29, 0.717) is 0 Å². The van der Waals surface area contributed by atoms with Gasteiger partial charge in [0.1, 0.15) is 12.4 Å². The summed E-state index contributed by atoms with van der Waals surface area (Å²) in [7, 11) is 0. The second-order valence-electron chi connectivity index (χ2n) is 4.85. The van der Waals surface area contributed by atoms with Crippen molar-refractivity contribution < 1.29 is 4.74 Å². The van der Waals surface area contributed by atoms with Crippen LogP contribution in [-0.4, -0.2) is 30.6 Å². The van der Waals surface area contributed by atoms with E-state index in [1.54, 1.807) is 0 Å². The summed E-state index contributed by atoms with van der Waals surface area (Å²) in [6.07, 6.45) is 1.32. The number of para-hydroxylation sites is 1. The Morgan fingerprint density at radius 2 is 2.00 bits per heavy atom. The third kappa shape index (κ3) is 2.99. The maximum absolute atomic E-state index is 5.71. The predicted molar refractivity (Wildman–Crippen MR) is 66.8 cm³/mol. The largest absolute Gasteiger partial charge is 0.492 e. The van der Waals surface area contributed by atoms with E-state index in [1.807, 2.05) is 30.3 Å². The number of likely N-dealkylation sites (tertiary alicyclic amines) is 1. The molecule has 0 aromatic heterocycles. The molecule has 88 valence electrons. The van der Waals surface area contributed by atoms with Crippen molar-refractivity contribution in [1.29, 1.82) is 0 Å². The zero-order chi connectivity index (χ0) is 11.4. The van der Waals surface area contributed by atoms with Crippen molar-refractivity contribution in [2.24, 2.45) is 5.92 Å². The van der Waals surface area contributed by atoms with Gasteiger partial charge >= 0.3 is 0 Å². The van der Waals surface area contributed by atoms with Crippen LogP contribution in [0.3, 0.4) is 0 Å². The Labute approximate surface area is 98.2 Å². The minimum Gasteiger partial charge on any atom is -0.492 e. The van der Waals surface area contributed by atoms with E-state index in [0.717, 1.165) is 30.9 Å². The van der Waals surface area contributed by atoms with Crippen LogP contribution in [0.5, 0.6) is 5.75 Å². The Hall–Kier alpha value is -1.02.